The number of hydrogen-bond acceptors (Lipinski definition) is 3. The Hall–Kier alpha value is -0.420. The van der Waals surface area contributed by atoms with Crippen molar-refractivity contribution in [2.45, 2.75) is 111 Å². The largest absolute Gasteiger partial charge is 0.595 e. The molecule has 0 aliphatic heterocycles. The molecule has 0 saturated heterocycles. The second kappa shape index (κ2) is 8.74. The Morgan fingerprint density at radius 2 is 1.74 bits per heavy atom. The summed E-state index contributed by atoms with van der Waals surface area (Å²) in [5.41, 5.74) is 2.13. The minimum absolute atomic E-state index is 0.0157. The molecule has 0 aromatic heterocycles. The number of aliphatic hydroxyl groups excluding tert-OH is 1. The predicted octanol–water partition coefficient (Wildman–Crippen LogP) is 5.49. The maximum Gasteiger partial charge on any atom is 0.140 e. The van der Waals surface area contributed by atoms with Crippen LogP contribution in [0.1, 0.15) is 105 Å². The lowest BCUT2D eigenvalue weighted by atomic mass is 9.46. The van der Waals surface area contributed by atoms with E-state index in [9.17, 15) is 15.5 Å². The molecule has 0 spiro atoms. The second-order valence-electron chi connectivity index (χ2n) is 12.7. The van der Waals surface area contributed by atoms with Crippen LogP contribution in [0.2, 0.25) is 0 Å². The Morgan fingerprint density at radius 1 is 1.00 bits per heavy atom. The lowest BCUT2D eigenvalue weighted by molar-refractivity contribution is -1.02. The Kier molecular flexibility index (Phi) is 6.69. The summed E-state index contributed by atoms with van der Waals surface area (Å²) in [5, 5.41) is 32.0. The van der Waals surface area contributed by atoms with Crippen LogP contribution in [0.15, 0.2) is 11.3 Å². The number of rotatable bonds is 6. The van der Waals surface area contributed by atoms with Crippen molar-refractivity contribution in [2.75, 3.05) is 0 Å². The first-order valence-electron chi connectivity index (χ1n) is 13.2. The van der Waals surface area contributed by atoms with Crippen LogP contribution in [-0.4, -0.2) is 16.4 Å². The van der Waals surface area contributed by atoms with Crippen molar-refractivity contribution in [3.63, 3.8) is 0 Å². The van der Waals surface area contributed by atoms with E-state index in [1.165, 1.54) is 44.9 Å². The molecule has 3 saturated carbocycles. The summed E-state index contributed by atoms with van der Waals surface area (Å²) >= 11 is 0. The van der Waals surface area contributed by atoms with Gasteiger partial charge in [0.2, 0.25) is 0 Å². The molecule has 4 aliphatic rings. The van der Waals surface area contributed by atoms with E-state index < -0.39 is 5.23 Å². The normalized spacial score (nSPS) is 44.6. The van der Waals surface area contributed by atoms with Crippen LogP contribution in [-0.2, 0) is 0 Å². The highest BCUT2D eigenvalue weighted by molar-refractivity contribution is 5.28. The molecule has 0 amide bonds. The molecule has 0 heterocycles. The van der Waals surface area contributed by atoms with E-state index in [2.05, 4.69) is 34.6 Å². The number of allylic oxidation sites excluding steroid dienone is 1. The fourth-order valence-corrected chi connectivity index (χ4v) is 9.03. The first-order valence-corrected chi connectivity index (χ1v) is 13.2. The average molecular weight is 434 g/mol. The van der Waals surface area contributed by atoms with Gasteiger partial charge in [0.15, 0.2) is 0 Å². The highest BCUT2D eigenvalue weighted by atomic mass is 16.8. The highest BCUT2D eigenvalue weighted by Crippen LogP contribution is 2.67. The summed E-state index contributed by atoms with van der Waals surface area (Å²) in [6, 6.07) is 0. The molecule has 4 aliphatic carbocycles. The quantitative estimate of drug-likeness (QED) is 0.485. The van der Waals surface area contributed by atoms with Gasteiger partial charge in [-0.15, -0.1) is 0 Å². The topological polar surface area (TPSA) is 68.0 Å². The van der Waals surface area contributed by atoms with Crippen LogP contribution in [0.3, 0.4) is 0 Å². The Labute approximate surface area is 190 Å². The summed E-state index contributed by atoms with van der Waals surface area (Å²) in [7, 11) is 0. The lowest BCUT2D eigenvalue weighted by Crippen LogP contribution is -3.03. The van der Waals surface area contributed by atoms with Crippen molar-refractivity contribution in [3.8, 4) is 0 Å². The smallest absolute Gasteiger partial charge is 0.140 e. The molecule has 0 aromatic carbocycles. The summed E-state index contributed by atoms with van der Waals surface area (Å²) in [5.74, 6) is 4.16. The van der Waals surface area contributed by atoms with Crippen molar-refractivity contribution in [3.05, 3.63) is 16.5 Å². The van der Waals surface area contributed by atoms with Gasteiger partial charge < -0.3 is 10.3 Å². The van der Waals surface area contributed by atoms with Gasteiger partial charge in [0.25, 0.3) is 0 Å². The Bertz CT molecular complexity index is 688. The number of hydrogen-bond donors (Lipinski definition) is 3. The number of nitrogens with one attached hydrogen (secondary N) is 1. The van der Waals surface area contributed by atoms with Crippen molar-refractivity contribution >= 4 is 0 Å². The van der Waals surface area contributed by atoms with E-state index >= 15 is 0 Å². The van der Waals surface area contributed by atoms with E-state index in [1.807, 2.05) is 0 Å². The maximum absolute atomic E-state index is 12.3. The number of hydroxylamine groups is 2. The molecule has 9 atom stereocenters. The predicted molar refractivity (Wildman–Crippen MR) is 124 cm³/mol. The van der Waals surface area contributed by atoms with Gasteiger partial charge in [-0.1, -0.05) is 53.9 Å². The molecule has 0 aromatic rings. The van der Waals surface area contributed by atoms with Crippen LogP contribution < -0.4 is 5.23 Å². The molecule has 0 radical (unpaired) electrons. The van der Waals surface area contributed by atoms with Crippen LogP contribution in [0.25, 0.3) is 0 Å². The summed E-state index contributed by atoms with van der Waals surface area (Å²) < 4.78 is 0. The fourth-order valence-electron chi connectivity index (χ4n) is 9.03. The molecular weight excluding hydrogens is 386 g/mol. The van der Waals surface area contributed by atoms with E-state index in [0.29, 0.717) is 35.3 Å². The monoisotopic (exact) mass is 433 g/mol. The maximum atomic E-state index is 12.3. The summed E-state index contributed by atoms with van der Waals surface area (Å²) in [6.07, 6.45) is 12.0. The molecule has 4 heteroatoms. The minimum atomic E-state index is -0.724. The zero-order valence-electron chi connectivity index (χ0n) is 20.6. The number of fused-ring (bicyclic) bond motifs is 5. The van der Waals surface area contributed by atoms with Crippen LogP contribution in [0, 0.1) is 51.5 Å². The summed E-state index contributed by atoms with van der Waals surface area (Å²) in [4.78, 5) is 0. The zero-order valence-corrected chi connectivity index (χ0v) is 20.6. The van der Waals surface area contributed by atoms with Crippen LogP contribution in [0.5, 0.6) is 0 Å². The third kappa shape index (κ3) is 4.05. The molecule has 4 nitrogen and oxygen atoms in total. The van der Waals surface area contributed by atoms with Gasteiger partial charge in [-0.2, -0.15) is 5.23 Å². The van der Waals surface area contributed by atoms with Gasteiger partial charge in [0, 0.05) is 12.8 Å². The first kappa shape index (κ1) is 23.7. The second-order valence-corrected chi connectivity index (χ2v) is 12.7. The Morgan fingerprint density at radius 3 is 2.42 bits per heavy atom. The third-order valence-corrected chi connectivity index (χ3v) is 10.6. The van der Waals surface area contributed by atoms with E-state index in [1.54, 1.807) is 0 Å². The standard InChI is InChI=1S/C27H47NO3/c1-17(2)7-6-8-18(3)21-9-10-22-20-16-25(28(30)31)24-15-19(29)11-13-27(24,5)23(20)12-14-26(21,22)4/h17-23,28-30H,6-16H2,1-5H3/t18-,19?,20+,21-,22+,23+,26-,27-/m1/s1. The van der Waals surface area contributed by atoms with Crippen molar-refractivity contribution in [1.29, 1.82) is 0 Å². The van der Waals surface area contributed by atoms with Crippen molar-refractivity contribution < 1.29 is 15.5 Å². The zero-order chi connectivity index (χ0) is 22.6. The SMILES string of the molecule is CC(C)CCC[C@@H](C)[C@H]1CC[C@H]2[C@@H]3CC([NH+]([O-])O)=C4CC(O)CC[C@]4(C)[C@H]3CC[C@]12C. The highest BCUT2D eigenvalue weighted by Gasteiger charge is 2.61. The molecule has 2 unspecified atom stereocenters. The van der Waals surface area contributed by atoms with E-state index in [4.69, 9.17) is 0 Å². The fraction of sp³-hybridized carbons (Fsp3) is 0.926. The van der Waals surface area contributed by atoms with Gasteiger partial charge in [-0.3, -0.25) is 0 Å². The lowest BCUT2D eigenvalue weighted by Gasteiger charge is -2.59. The van der Waals surface area contributed by atoms with Gasteiger partial charge in [-0.25, -0.2) is 5.21 Å². The van der Waals surface area contributed by atoms with Gasteiger partial charge >= 0.3 is 0 Å². The van der Waals surface area contributed by atoms with E-state index in [-0.39, 0.29) is 11.5 Å². The van der Waals surface area contributed by atoms with Gasteiger partial charge in [0.05, 0.1) is 6.10 Å². The molecule has 3 fully saturated rings. The Balaban J connectivity index is 1.58. The summed E-state index contributed by atoms with van der Waals surface area (Å²) in [6.45, 7) is 12.1. The van der Waals surface area contributed by atoms with Crippen LogP contribution in [0.4, 0.5) is 0 Å². The molecular formula is C27H47NO3. The van der Waals surface area contributed by atoms with E-state index in [0.717, 1.165) is 42.6 Å². The van der Waals surface area contributed by atoms with Crippen molar-refractivity contribution in [1.82, 2.24) is 0 Å². The van der Waals surface area contributed by atoms with Gasteiger partial charge in [-0.05, 0) is 90.4 Å². The molecule has 178 valence electrons. The van der Waals surface area contributed by atoms with Crippen molar-refractivity contribution in [2.24, 2.45) is 46.3 Å². The average Bonchev–Trinajstić information content (AvgIpc) is 3.05. The molecule has 3 N–H and O–H groups in total. The number of aliphatic hydroxyl groups is 1. The molecule has 31 heavy (non-hydrogen) atoms. The molecule has 0 bridgehead atoms. The third-order valence-electron chi connectivity index (χ3n) is 10.6. The number of quaternary nitrogens is 1. The molecule has 4 rings (SSSR count). The van der Waals surface area contributed by atoms with Gasteiger partial charge in [0.1, 0.15) is 5.70 Å². The minimum Gasteiger partial charge on any atom is -0.595 e. The van der Waals surface area contributed by atoms with Crippen LogP contribution >= 0.6 is 0 Å². The first-order chi connectivity index (χ1) is 14.6.